The summed E-state index contributed by atoms with van der Waals surface area (Å²) in [5.74, 6) is 0.0449. The van der Waals surface area contributed by atoms with Crippen molar-refractivity contribution in [3.63, 3.8) is 0 Å². The second-order valence-electron chi connectivity index (χ2n) is 3.93. The van der Waals surface area contributed by atoms with Crippen LogP contribution in [0.1, 0.15) is 29.8 Å². The Hall–Kier alpha value is -1.36. The minimum absolute atomic E-state index is 0.161. The number of nitrogens with one attached hydrogen (secondary N) is 2. The fourth-order valence-corrected chi connectivity index (χ4v) is 1.95. The highest BCUT2D eigenvalue weighted by Crippen LogP contribution is 2.24. The maximum absolute atomic E-state index is 11.5. The van der Waals surface area contributed by atoms with E-state index in [4.69, 9.17) is 0 Å². The minimum atomic E-state index is -0.257. The van der Waals surface area contributed by atoms with E-state index in [0.29, 0.717) is 12.2 Å². The van der Waals surface area contributed by atoms with Gasteiger partial charge in [-0.3, -0.25) is 4.79 Å². The molecule has 5 nitrogen and oxygen atoms in total. The van der Waals surface area contributed by atoms with E-state index in [1.54, 1.807) is 0 Å². The zero-order valence-electron chi connectivity index (χ0n) is 8.44. The summed E-state index contributed by atoms with van der Waals surface area (Å²) in [5, 5.41) is 12.3. The van der Waals surface area contributed by atoms with Gasteiger partial charge in [0.05, 0.1) is 18.6 Å². The Bertz CT molecular complexity index is 323. The summed E-state index contributed by atoms with van der Waals surface area (Å²) in [6, 6.07) is 0. The standard InChI is InChI=1S/C10H15N3O2/c14-9-3-1-2-7(9)4-12-10(15)8-5-11-6-13-8/h5-7,9,14H,1-4H2,(H,11,13)(H,12,15). The van der Waals surface area contributed by atoms with Crippen LogP contribution in [-0.4, -0.2) is 33.6 Å². The van der Waals surface area contributed by atoms with Crippen molar-refractivity contribution in [1.29, 1.82) is 0 Å². The molecule has 1 fully saturated rings. The zero-order chi connectivity index (χ0) is 10.7. The Morgan fingerprint density at radius 3 is 3.13 bits per heavy atom. The van der Waals surface area contributed by atoms with Gasteiger partial charge < -0.3 is 15.4 Å². The lowest BCUT2D eigenvalue weighted by atomic mass is 10.1. The molecule has 0 saturated heterocycles. The van der Waals surface area contributed by atoms with E-state index >= 15 is 0 Å². The monoisotopic (exact) mass is 209 g/mol. The molecule has 1 aromatic heterocycles. The van der Waals surface area contributed by atoms with Crippen molar-refractivity contribution in [2.75, 3.05) is 6.54 Å². The number of amides is 1. The average molecular weight is 209 g/mol. The maximum atomic E-state index is 11.5. The number of carbonyl (C=O) groups excluding carboxylic acids is 1. The summed E-state index contributed by atoms with van der Waals surface area (Å²) >= 11 is 0. The van der Waals surface area contributed by atoms with Crippen molar-refractivity contribution in [3.05, 3.63) is 18.2 Å². The molecular formula is C10H15N3O2. The molecule has 82 valence electrons. The summed E-state index contributed by atoms with van der Waals surface area (Å²) < 4.78 is 0. The third-order valence-corrected chi connectivity index (χ3v) is 2.89. The number of imidazole rings is 1. The van der Waals surface area contributed by atoms with Crippen LogP contribution >= 0.6 is 0 Å². The first kappa shape index (κ1) is 10.2. The topological polar surface area (TPSA) is 78.0 Å². The number of hydrogen-bond donors (Lipinski definition) is 3. The van der Waals surface area contributed by atoms with Gasteiger partial charge in [-0.05, 0) is 12.8 Å². The number of H-pyrrole nitrogens is 1. The highest BCUT2D eigenvalue weighted by atomic mass is 16.3. The van der Waals surface area contributed by atoms with Crippen LogP contribution in [0.2, 0.25) is 0 Å². The molecule has 0 radical (unpaired) electrons. The smallest absolute Gasteiger partial charge is 0.269 e. The normalized spacial score (nSPS) is 25.4. The minimum Gasteiger partial charge on any atom is -0.393 e. The molecular weight excluding hydrogens is 194 g/mol. The number of rotatable bonds is 3. The first-order valence-electron chi connectivity index (χ1n) is 5.22. The molecule has 1 saturated carbocycles. The first-order valence-corrected chi connectivity index (χ1v) is 5.22. The lowest BCUT2D eigenvalue weighted by Gasteiger charge is -2.14. The molecule has 1 aromatic rings. The SMILES string of the molecule is O=C(NCC1CCCC1O)c1cnc[nH]1. The van der Waals surface area contributed by atoms with Gasteiger partial charge in [-0.25, -0.2) is 4.98 Å². The second kappa shape index (κ2) is 4.44. The van der Waals surface area contributed by atoms with Crippen LogP contribution in [0.4, 0.5) is 0 Å². The van der Waals surface area contributed by atoms with Crippen LogP contribution < -0.4 is 5.32 Å². The Labute approximate surface area is 87.9 Å². The Morgan fingerprint density at radius 2 is 2.53 bits per heavy atom. The fourth-order valence-electron chi connectivity index (χ4n) is 1.95. The Morgan fingerprint density at radius 1 is 1.67 bits per heavy atom. The maximum Gasteiger partial charge on any atom is 0.269 e. The van der Waals surface area contributed by atoms with Crippen molar-refractivity contribution in [3.8, 4) is 0 Å². The van der Waals surface area contributed by atoms with Crippen LogP contribution in [0.5, 0.6) is 0 Å². The van der Waals surface area contributed by atoms with E-state index in [1.165, 1.54) is 12.5 Å². The van der Waals surface area contributed by atoms with Crippen LogP contribution in [0.25, 0.3) is 0 Å². The predicted molar refractivity (Wildman–Crippen MR) is 54.3 cm³/mol. The van der Waals surface area contributed by atoms with Gasteiger partial charge in [0.15, 0.2) is 0 Å². The van der Waals surface area contributed by atoms with Crippen LogP contribution in [0, 0.1) is 5.92 Å². The van der Waals surface area contributed by atoms with Crippen molar-refractivity contribution in [2.45, 2.75) is 25.4 Å². The molecule has 0 aromatic carbocycles. The van der Waals surface area contributed by atoms with Crippen LogP contribution in [-0.2, 0) is 0 Å². The number of carbonyl (C=O) groups is 1. The highest BCUT2D eigenvalue weighted by Gasteiger charge is 2.25. The van der Waals surface area contributed by atoms with Crippen molar-refractivity contribution in [1.82, 2.24) is 15.3 Å². The van der Waals surface area contributed by atoms with Crippen molar-refractivity contribution < 1.29 is 9.90 Å². The number of aliphatic hydroxyl groups is 1. The third-order valence-electron chi connectivity index (χ3n) is 2.89. The largest absolute Gasteiger partial charge is 0.393 e. The molecule has 1 aliphatic rings. The molecule has 2 unspecified atom stereocenters. The number of aromatic nitrogens is 2. The summed E-state index contributed by atoms with van der Waals surface area (Å²) in [6.07, 6.45) is 5.59. The molecule has 5 heteroatoms. The van der Waals surface area contributed by atoms with Gasteiger partial charge in [0.2, 0.25) is 0 Å². The molecule has 2 atom stereocenters. The number of aromatic amines is 1. The van der Waals surface area contributed by atoms with E-state index in [0.717, 1.165) is 19.3 Å². The molecule has 3 N–H and O–H groups in total. The molecule has 0 bridgehead atoms. The van der Waals surface area contributed by atoms with Gasteiger partial charge in [-0.2, -0.15) is 0 Å². The van der Waals surface area contributed by atoms with E-state index in [9.17, 15) is 9.90 Å². The summed E-state index contributed by atoms with van der Waals surface area (Å²) in [7, 11) is 0. The lowest BCUT2D eigenvalue weighted by molar-refractivity contribution is 0.0912. The van der Waals surface area contributed by atoms with E-state index < -0.39 is 0 Å². The van der Waals surface area contributed by atoms with Gasteiger partial charge in [-0.1, -0.05) is 6.42 Å². The molecule has 0 aliphatic heterocycles. The van der Waals surface area contributed by atoms with Gasteiger partial charge >= 0.3 is 0 Å². The summed E-state index contributed by atoms with van der Waals surface area (Å²) in [6.45, 7) is 0.541. The molecule has 2 rings (SSSR count). The third kappa shape index (κ3) is 2.36. The van der Waals surface area contributed by atoms with E-state index in [-0.39, 0.29) is 17.9 Å². The molecule has 1 amide bonds. The first-order chi connectivity index (χ1) is 7.27. The zero-order valence-corrected chi connectivity index (χ0v) is 8.44. The van der Waals surface area contributed by atoms with Gasteiger partial charge in [-0.15, -0.1) is 0 Å². The Kier molecular flexibility index (Phi) is 3.01. The molecule has 0 spiro atoms. The van der Waals surface area contributed by atoms with Gasteiger partial charge in [0.25, 0.3) is 5.91 Å². The average Bonchev–Trinajstić information content (AvgIpc) is 2.85. The van der Waals surface area contributed by atoms with Crippen LogP contribution in [0.15, 0.2) is 12.5 Å². The summed E-state index contributed by atoms with van der Waals surface area (Å²) in [4.78, 5) is 18.0. The predicted octanol–water partition coefficient (Wildman–Crippen LogP) is 0.300. The van der Waals surface area contributed by atoms with E-state index in [1.807, 2.05) is 0 Å². The quantitative estimate of drug-likeness (QED) is 0.670. The molecule has 1 heterocycles. The highest BCUT2D eigenvalue weighted by molar-refractivity contribution is 5.91. The van der Waals surface area contributed by atoms with Gasteiger partial charge in [0.1, 0.15) is 5.69 Å². The lowest BCUT2D eigenvalue weighted by Crippen LogP contribution is -2.32. The van der Waals surface area contributed by atoms with E-state index in [2.05, 4.69) is 15.3 Å². The summed E-state index contributed by atoms with van der Waals surface area (Å²) in [5.41, 5.74) is 0.461. The fraction of sp³-hybridized carbons (Fsp3) is 0.600. The van der Waals surface area contributed by atoms with Gasteiger partial charge in [0, 0.05) is 12.5 Å². The number of aliphatic hydroxyl groups excluding tert-OH is 1. The van der Waals surface area contributed by atoms with Crippen molar-refractivity contribution >= 4 is 5.91 Å². The molecule has 15 heavy (non-hydrogen) atoms. The Balaban J connectivity index is 1.81. The number of nitrogens with zero attached hydrogens (tertiary/aromatic N) is 1. The van der Waals surface area contributed by atoms with Crippen molar-refractivity contribution in [2.24, 2.45) is 5.92 Å². The van der Waals surface area contributed by atoms with Crippen LogP contribution in [0.3, 0.4) is 0 Å². The number of hydrogen-bond acceptors (Lipinski definition) is 3. The second-order valence-corrected chi connectivity index (χ2v) is 3.93. The molecule has 1 aliphatic carbocycles.